The quantitative estimate of drug-likeness (QED) is 0.732. The summed E-state index contributed by atoms with van der Waals surface area (Å²) >= 11 is 16.3. The summed E-state index contributed by atoms with van der Waals surface area (Å²) < 4.78 is 16.1. The number of hydrogen-bond donors (Lipinski definition) is 0. The Morgan fingerprint density at radius 3 is 2.40 bits per heavy atom. The topological polar surface area (TPSA) is 43.4 Å². The summed E-state index contributed by atoms with van der Waals surface area (Å²) in [5.74, 6) is -0.303. The molecule has 0 aliphatic heterocycles. The third-order valence-corrected chi connectivity index (χ3v) is 3.19. The van der Waals surface area contributed by atoms with E-state index < -0.39 is 16.8 Å². The fourth-order valence-corrected chi connectivity index (χ4v) is 1.86. The normalized spacial score (nSPS) is 13.2. The number of hydrogen-bond acceptors (Lipinski definition) is 3. The maximum absolute atomic E-state index is 11.3. The van der Waals surface area contributed by atoms with Crippen LogP contribution in [0.5, 0.6) is 0 Å². The van der Waals surface area contributed by atoms with E-state index in [1.54, 1.807) is 0 Å². The molecule has 1 unspecified atom stereocenters. The lowest BCUT2D eigenvalue weighted by Crippen LogP contribution is -2.00. The molecular weight excluding hydrogens is 283 g/mol. The van der Waals surface area contributed by atoms with E-state index in [1.165, 1.54) is 19.1 Å². The summed E-state index contributed by atoms with van der Waals surface area (Å²) in [4.78, 5) is 10.4. The number of carbonyl (C=O) groups excluding carboxylic acids is 1. The maximum Gasteiger partial charge on any atom is 0.302 e. The van der Waals surface area contributed by atoms with Crippen LogP contribution in [0.1, 0.15) is 6.92 Å². The minimum absolute atomic E-state index is 0.00176. The van der Waals surface area contributed by atoms with Crippen molar-refractivity contribution in [1.82, 2.24) is 0 Å². The number of halogens is 3. The first-order valence-corrected chi connectivity index (χ1v) is 6.27. The van der Waals surface area contributed by atoms with Crippen LogP contribution in [0.3, 0.4) is 0 Å². The molecule has 0 aliphatic carbocycles. The molecule has 0 radical (unpaired) electrons. The average Bonchev–Trinajstić information content (AvgIpc) is 2.13. The van der Waals surface area contributed by atoms with Crippen molar-refractivity contribution < 1.29 is 13.7 Å². The van der Waals surface area contributed by atoms with Gasteiger partial charge in [-0.25, -0.2) is 0 Å². The Kier molecular flexibility index (Phi) is 8.14. The van der Waals surface area contributed by atoms with Gasteiger partial charge in [-0.1, -0.05) is 34.8 Å². The molecule has 0 saturated heterocycles. The summed E-state index contributed by atoms with van der Waals surface area (Å²) in [6, 6.07) is 0. The number of ether oxygens (including phenoxy) is 1. The molecule has 7 heteroatoms. The monoisotopic (exact) mass is 290 g/mol. The number of rotatable bonds is 5. The van der Waals surface area contributed by atoms with Crippen molar-refractivity contribution in [2.24, 2.45) is 0 Å². The van der Waals surface area contributed by atoms with E-state index in [2.05, 4.69) is 4.74 Å². The SMILES string of the molecule is CC(=O)OC/C=C(\Cl)S(=O)CC=C(Cl)Cl. The smallest absolute Gasteiger partial charge is 0.302 e. The second-order valence-corrected chi connectivity index (χ2v) is 5.42. The van der Waals surface area contributed by atoms with Crippen LogP contribution in [0.4, 0.5) is 0 Å². The van der Waals surface area contributed by atoms with Crippen molar-refractivity contribution in [3.63, 3.8) is 0 Å². The van der Waals surface area contributed by atoms with E-state index in [4.69, 9.17) is 34.8 Å². The first kappa shape index (κ1) is 15.0. The first-order chi connectivity index (χ1) is 6.93. The van der Waals surface area contributed by atoms with Crippen molar-refractivity contribution in [1.29, 1.82) is 0 Å². The molecule has 0 spiro atoms. The zero-order chi connectivity index (χ0) is 11.8. The molecule has 3 nitrogen and oxygen atoms in total. The zero-order valence-corrected chi connectivity index (χ0v) is 10.9. The van der Waals surface area contributed by atoms with Gasteiger partial charge in [0.2, 0.25) is 0 Å². The molecule has 86 valence electrons. The van der Waals surface area contributed by atoms with Gasteiger partial charge in [-0.05, 0) is 12.2 Å². The molecule has 0 aromatic heterocycles. The second kappa shape index (κ2) is 8.16. The van der Waals surface area contributed by atoms with Crippen LogP contribution < -0.4 is 0 Å². The fraction of sp³-hybridized carbons (Fsp3) is 0.375. The van der Waals surface area contributed by atoms with Gasteiger partial charge in [0.1, 0.15) is 15.5 Å². The van der Waals surface area contributed by atoms with E-state index in [9.17, 15) is 9.00 Å². The lowest BCUT2D eigenvalue weighted by atomic mass is 10.7. The molecule has 0 amide bonds. The summed E-state index contributed by atoms with van der Waals surface area (Å²) in [5.41, 5.74) is 0. The van der Waals surface area contributed by atoms with Gasteiger partial charge in [0.25, 0.3) is 0 Å². The predicted molar refractivity (Wildman–Crippen MR) is 63.4 cm³/mol. The molecule has 0 N–H and O–H groups in total. The van der Waals surface area contributed by atoms with Gasteiger partial charge in [-0.15, -0.1) is 0 Å². The van der Waals surface area contributed by atoms with E-state index in [1.807, 2.05) is 0 Å². The highest BCUT2D eigenvalue weighted by atomic mass is 35.5. The molecule has 0 saturated carbocycles. The fourth-order valence-electron chi connectivity index (χ4n) is 0.536. The molecular formula is C8H9Cl3O3S. The highest BCUT2D eigenvalue weighted by molar-refractivity contribution is 7.90. The average molecular weight is 292 g/mol. The molecule has 0 fully saturated rings. The molecule has 0 aliphatic rings. The Bertz CT molecular complexity index is 308. The molecule has 0 bridgehead atoms. The largest absolute Gasteiger partial charge is 0.462 e. The summed E-state index contributed by atoms with van der Waals surface area (Å²) in [5, 5.41) is 0. The van der Waals surface area contributed by atoms with Crippen LogP contribution in [-0.2, 0) is 20.3 Å². The molecule has 0 heterocycles. The first-order valence-electron chi connectivity index (χ1n) is 3.82. The van der Waals surface area contributed by atoms with Crippen LogP contribution in [-0.4, -0.2) is 22.5 Å². The van der Waals surface area contributed by atoms with E-state index in [0.29, 0.717) is 0 Å². The van der Waals surface area contributed by atoms with Crippen molar-refractivity contribution in [3.8, 4) is 0 Å². The Balaban J connectivity index is 4.08. The molecule has 15 heavy (non-hydrogen) atoms. The summed E-state index contributed by atoms with van der Waals surface area (Å²) in [6.07, 6.45) is 2.73. The Morgan fingerprint density at radius 2 is 1.93 bits per heavy atom. The van der Waals surface area contributed by atoms with Crippen LogP contribution in [0.2, 0.25) is 0 Å². The number of esters is 1. The maximum atomic E-state index is 11.3. The van der Waals surface area contributed by atoms with Crippen LogP contribution >= 0.6 is 34.8 Å². The lowest BCUT2D eigenvalue weighted by molar-refractivity contribution is -0.139. The van der Waals surface area contributed by atoms with Gasteiger partial charge in [0.15, 0.2) is 0 Å². The summed E-state index contributed by atoms with van der Waals surface area (Å²) in [6.45, 7) is 1.27. The van der Waals surface area contributed by atoms with Gasteiger partial charge in [-0.2, -0.15) is 0 Å². The van der Waals surface area contributed by atoms with Gasteiger partial charge in [-0.3, -0.25) is 9.00 Å². The minimum Gasteiger partial charge on any atom is -0.462 e. The van der Waals surface area contributed by atoms with E-state index in [-0.39, 0.29) is 21.2 Å². The predicted octanol–water partition coefficient (Wildman–Crippen LogP) is 2.70. The van der Waals surface area contributed by atoms with E-state index in [0.717, 1.165) is 0 Å². The van der Waals surface area contributed by atoms with Crippen molar-refractivity contribution >= 4 is 51.6 Å². The van der Waals surface area contributed by atoms with Crippen LogP contribution in [0.25, 0.3) is 0 Å². The third-order valence-electron chi connectivity index (χ3n) is 1.14. The Hall–Kier alpha value is -0.0300. The number of carbonyl (C=O) groups is 1. The second-order valence-electron chi connectivity index (χ2n) is 2.32. The van der Waals surface area contributed by atoms with Crippen LogP contribution in [0.15, 0.2) is 21.0 Å². The summed E-state index contributed by atoms with van der Waals surface area (Å²) in [7, 11) is -1.41. The standard InChI is InChI=1S/C8H9Cl3O3S/c1-6(12)14-4-2-8(11)15(13)5-3-7(9)10/h2-3H,4-5H2,1H3/b8-2+. The molecule has 0 aromatic carbocycles. The highest BCUT2D eigenvalue weighted by Crippen LogP contribution is 2.11. The van der Waals surface area contributed by atoms with Crippen LogP contribution in [0, 0.1) is 0 Å². The van der Waals surface area contributed by atoms with Gasteiger partial charge >= 0.3 is 5.97 Å². The Morgan fingerprint density at radius 1 is 1.33 bits per heavy atom. The van der Waals surface area contributed by atoms with Gasteiger partial charge < -0.3 is 4.74 Å². The van der Waals surface area contributed by atoms with Crippen molar-refractivity contribution in [3.05, 3.63) is 21.0 Å². The van der Waals surface area contributed by atoms with Gasteiger partial charge in [0.05, 0.1) is 10.8 Å². The van der Waals surface area contributed by atoms with Crippen molar-refractivity contribution in [2.75, 3.05) is 12.4 Å². The highest BCUT2D eigenvalue weighted by Gasteiger charge is 2.03. The Labute approximate surface area is 105 Å². The van der Waals surface area contributed by atoms with E-state index >= 15 is 0 Å². The molecule has 0 rings (SSSR count). The molecule has 0 aromatic rings. The zero-order valence-electron chi connectivity index (χ0n) is 7.84. The lowest BCUT2D eigenvalue weighted by Gasteiger charge is -1.98. The van der Waals surface area contributed by atoms with Crippen molar-refractivity contribution in [2.45, 2.75) is 6.92 Å². The van der Waals surface area contributed by atoms with Gasteiger partial charge in [0, 0.05) is 12.7 Å². The molecule has 1 atom stereocenters. The minimum atomic E-state index is -1.41. The third kappa shape index (κ3) is 8.93.